The molecule has 0 radical (unpaired) electrons. The molecule has 9 heteroatoms. The summed E-state index contributed by atoms with van der Waals surface area (Å²) in [6.45, 7) is 1.99. The summed E-state index contributed by atoms with van der Waals surface area (Å²) in [7, 11) is 1.60. The number of nitrogens with zero attached hydrogens (tertiary/aromatic N) is 4. The predicted octanol–water partition coefficient (Wildman–Crippen LogP) is 5.61. The number of anilines is 4. The number of aromatic nitrogens is 3. The van der Waals surface area contributed by atoms with Crippen LogP contribution >= 0.6 is 11.6 Å². The van der Waals surface area contributed by atoms with Gasteiger partial charge in [0, 0.05) is 24.8 Å². The quantitative estimate of drug-likeness (QED) is 0.460. The van der Waals surface area contributed by atoms with Gasteiger partial charge in [-0.2, -0.15) is 15.0 Å². The zero-order chi connectivity index (χ0) is 22.2. The first-order chi connectivity index (χ1) is 15.7. The average Bonchev–Trinajstić information content (AvgIpc) is 3.19. The van der Waals surface area contributed by atoms with Crippen LogP contribution in [0.1, 0.15) is 64.2 Å². The highest BCUT2D eigenvalue weighted by molar-refractivity contribution is 6.32. The maximum Gasteiger partial charge on any atom is 0.244 e. The molecule has 2 heterocycles. The fraction of sp³-hybridized carbons (Fsp3) is 0.609. The highest BCUT2D eigenvalue weighted by Crippen LogP contribution is 2.29. The Hall–Kier alpha value is -2.32. The summed E-state index contributed by atoms with van der Waals surface area (Å²) in [4.78, 5) is 14.0. The lowest BCUT2D eigenvalue weighted by Gasteiger charge is -2.22. The summed E-state index contributed by atoms with van der Waals surface area (Å²) in [5, 5.41) is 9.58. The molecule has 4 rings (SSSR count). The van der Waals surface area contributed by atoms with E-state index < -0.39 is 0 Å². The van der Waals surface area contributed by atoms with Crippen LogP contribution in [0.4, 0.5) is 23.5 Å². The van der Waals surface area contributed by atoms with E-state index in [0.717, 1.165) is 31.6 Å². The van der Waals surface area contributed by atoms with Crippen LogP contribution in [0.25, 0.3) is 0 Å². The molecule has 2 aliphatic rings. The molecule has 1 saturated heterocycles. The fourth-order valence-electron chi connectivity index (χ4n) is 4.35. The minimum absolute atomic E-state index is 0.397. The van der Waals surface area contributed by atoms with Crippen LogP contribution < -0.4 is 20.8 Å². The van der Waals surface area contributed by atoms with Crippen LogP contribution in [-0.4, -0.2) is 46.2 Å². The van der Waals surface area contributed by atoms with E-state index in [1.54, 1.807) is 7.11 Å². The normalized spacial score (nSPS) is 18.4. The van der Waals surface area contributed by atoms with Gasteiger partial charge < -0.3 is 15.4 Å². The second-order valence-electron chi connectivity index (χ2n) is 8.63. The van der Waals surface area contributed by atoms with E-state index in [1.807, 2.05) is 18.2 Å². The van der Waals surface area contributed by atoms with Gasteiger partial charge in [0.15, 0.2) is 0 Å². The first-order valence-corrected chi connectivity index (χ1v) is 12.2. The molecular weight excluding hydrogens is 426 g/mol. The second kappa shape index (κ2) is 11.5. The number of halogens is 1. The monoisotopic (exact) mass is 459 g/mol. The molecule has 3 N–H and O–H groups in total. The van der Waals surface area contributed by atoms with Gasteiger partial charge in [-0.1, -0.05) is 50.1 Å². The van der Waals surface area contributed by atoms with Crippen LogP contribution in [0.2, 0.25) is 5.02 Å². The summed E-state index contributed by atoms with van der Waals surface area (Å²) in [5.41, 5.74) is 4.21. The van der Waals surface area contributed by atoms with Gasteiger partial charge in [0.25, 0.3) is 0 Å². The Morgan fingerprint density at radius 2 is 1.53 bits per heavy atom. The minimum Gasteiger partial charge on any atom is -0.495 e. The summed E-state index contributed by atoms with van der Waals surface area (Å²) in [6, 6.07) is 5.93. The van der Waals surface area contributed by atoms with E-state index in [-0.39, 0.29) is 0 Å². The molecule has 0 bridgehead atoms. The SMILES string of the molecule is COc1ccc(Nc2nc(NC3CCCCCC3)nc(NN3CCCCCC3)n2)cc1Cl. The van der Waals surface area contributed by atoms with Gasteiger partial charge in [-0.3, -0.25) is 5.43 Å². The third-order valence-corrected chi connectivity index (χ3v) is 6.39. The number of benzene rings is 1. The molecule has 0 spiro atoms. The molecule has 0 amide bonds. The molecule has 0 atom stereocenters. The molecule has 1 aromatic heterocycles. The summed E-state index contributed by atoms with van der Waals surface area (Å²) >= 11 is 6.30. The van der Waals surface area contributed by atoms with E-state index in [9.17, 15) is 0 Å². The van der Waals surface area contributed by atoms with Gasteiger partial charge >= 0.3 is 0 Å². The van der Waals surface area contributed by atoms with Crippen molar-refractivity contribution in [3.63, 3.8) is 0 Å². The van der Waals surface area contributed by atoms with Crippen molar-refractivity contribution in [2.24, 2.45) is 0 Å². The van der Waals surface area contributed by atoms with E-state index in [0.29, 0.717) is 34.7 Å². The lowest BCUT2D eigenvalue weighted by atomic mass is 10.1. The molecule has 1 saturated carbocycles. The van der Waals surface area contributed by atoms with Crippen LogP contribution in [0, 0.1) is 0 Å². The Morgan fingerprint density at radius 3 is 2.22 bits per heavy atom. The average molecular weight is 460 g/mol. The third-order valence-electron chi connectivity index (χ3n) is 6.10. The molecule has 1 aliphatic carbocycles. The van der Waals surface area contributed by atoms with Crippen molar-refractivity contribution in [1.82, 2.24) is 20.0 Å². The largest absolute Gasteiger partial charge is 0.495 e. The van der Waals surface area contributed by atoms with Crippen molar-refractivity contribution in [2.75, 3.05) is 36.3 Å². The van der Waals surface area contributed by atoms with Gasteiger partial charge in [0.05, 0.1) is 12.1 Å². The van der Waals surface area contributed by atoms with Gasteiger partial charge in [0.1, 0.15) is 5.75 Å². The number of hydrazine groups is 1. The van der Waals surface area contributed by atoms with Crippen molar-refractivity contribution < 1.29 is 4.74 Å². The smallest absolute Gasteiger partial charge is 0.244 e. The number of hydrogen-bond acceptors (Lipinski definition) is 8. The molecule has 2 fully saturated rings. The van der Waals surface area contributed by atoms with E-state index in [4.69, 9.17) is 21.3 Å². The molecule has 2 aromatic rings. The lowest BCUT2D eigenvalue weighted by molar-refractivity contribution is 0.340. The van der Waals surface area contributed by atoms with E-state index in [2.05, 4.69) is 31.0 Å². The van der Waals surface area contributed by atoms with Gasteiger partial charge in [-0.05, 0) is 43.9 Å². The maximum absolute atomic E-state index is 6.30. The molecule has 1 aromatic carbocycles. The van der Waals surface area contributed by atoms with Crippen molar-refractivity contribution >= 4 is 35.1 Å². The molecule has 0 unspecified atom stereocenters. The minimum atomic E-state index is 0.397. The number of hydrogen-bond donors (Lipinski definition) is 3. The lowest BCUT2D eigenvalue weighted by Crippen LogP contribution is -2.32. The standard InChI is InChI=1S/C23H34ClN7O/c1-32-20-13-12-18(16-19(20)24)26-22-27-21(25-17-10-6-2-3-7-11-17)28-23(29-22)30-31-14-8-4-5-9-15-31/h12-13,16-17H,2-11,14-15H2,1H3,(H3,25,26,27,28,29,30). The first-order valence-electron chi connectivity index (χ1n) is 11.8. The molecule has 1 aliphatic heterocycles. The highest BCUT2D eigenvalue weighted by Gasteiger charge is 2.17. The third kappa shape index (κ3) is 6.59. The maximum atomic E-state index is 6.30. The Balaban J connectivity index is 1.54. The van der Waals surface area contributed by atoms with E-state index >= 15 is 0 Å². The van der Waals surface area contributed by atoms with Gasteiger partial charge in [-0.25, -0.2) is 5.01 Å². The Kier molecular flexibility index (Phi) is 8.23. The van der Waals surface area contributed by atoms with Gasteiger partial charge in [-0.15, -0.1) is 0 Å². The molecule has 8 nitrogen and oxygen atoms in total. The van der Waals surface area contributed by atoms with Crippen molar-refractivity contribution in [3.8, 4) is 5.75 Å². The number of ether oxygens (including phenoxy) is 1. The van der Waals surface area contributed by atoms with Crippen LogP contribution in [0.15, 0.2) is 18.2 Å². The molecule has 32 heavy (non-hydrogen) atoms. The van der Waals surface area contributed by atoms with Gasteiger partial charge in [0.2, 0.25) is 17.8 Å². The van der Waals surface area contributed by atoms with Crippen molar-refractivity contribution in [1.29, 1.82) is 0 Å². The number of rotatable bonds is 7. The highest BCUT2D eigenvalue weighted by atomic mass is 35.5. The summed E-state index contributed by atoms with van der Waals surface area (Å²) in [6.07, 6.45) is 12.3. The topological polar surface area (TPSA) is 87.2 Å². The summed E-state index contributed by atoms with van der Waals surface area (Å²) < 4.78 is 5.25. The van der Waals surface area contributed by atoms with Crippen LogP contribution in [0.3, 0.4) is 0 Å². The second-order valence-corrected chi connectivity index (χ2v) is 9.03. The van der Waals surface area contributed by atoms with Crippen LogP contribution in [0.5, 0.6) is 5.75 Å². The first kappa shape index (κ1) is 22.9. The number of methoxy groups -OCH3 is 1. The molecule has 174 valence electrons. The number of nitrogens with one attached hydrogen (secondary N) is 3. The predicted molar refractivity (Wildman–Crippen MR) is 130 cm³/mol. The molecular formula is C23H34ClN7O. The Labute approximate surface area is 195 Å². The Bertz CT molecular complexity index is 825. The summed E-state index contributed by atoms with van der Waals surface area (Å²) in [5.74, 6) is 2.27. The van der Waals surface area contributed by atoms with Crippen molar-refractivity contribution in [2.45, 2.75) is 70.3 Å². The van der Waals surface area contributed by atoms with E-state index in [1.165, 1.54) is 51.4 Å². The van der Waals surface area contributed by atoms with Crippen molar-refractivity contribution in [3.05, 3.63) is 23.2 Å². The zero-order valence-corrected chi connectivity index (χ0v) is 19.6. The fourth-order valence-corrected chi connectivity index (χ4v) is 4.61. The zero-order valence-electron chi connectivity index (χ0n) is 18.9. The van der Waals surface area contributed by atoms with Crippen LogP contribution in [-0.2, 0) is 0 Å². The Morgan fingerprint density at radius 1 is 0.875 bits per heavy atom.